The Kier molecular flexibility index (Phi) is 7.83. The highest BCUT2D eigenvalue weighted by Gasteiger charge is 2.30. The molecule has 1 unspecified atom stereocenters. The summed E-state index contributed by atoms with van der Waals surface area (Å²) in [6.07, 6.45) is -0.700. The normalized spacial score (nSPS) is 14.1. The second-order valence-electron chi connectivity index (χ2n) is 7.81. The van der Waals surface area contributed by atoms with Crippen molar-refractivity contribution in [2.24, 2.45) is 0 Å². The maximum Gasteiger partial charge on any atom is 0.407 e. The SMILES string of the molecule is COCCC(NC(=O)OCC1c2ccccc2-c2ccccc21)C(=O)N[C@@H](C)CC(=O)O. The fraction of sp³-hybridized carbons (Fsp3) is 0.375. The van der Waals surface area contributed by atoms with E-state index in [9.17, 15) is 14.4 Å². The molecule has 2 amide bonds. The summed E-state index contributed by atoms with van der Waals surface area (Å²) < 4.78 is 10.5. The third-order valence-corrected chi connectivity index (χ3v) is 5.43. The molecule has 0 bridgehead atoms. The number of amides is 2. The van der Waals surface area contributed by atoms with E-state index in [-0.39, 0.29) is 32.0 Å². The minimum absolute atomic E-state index is 0.0880. The van der Waals surface area contributed by atoms with E-state index in [0.717, 1.165) is 22.3 Å². The molecule has 0 aliphatic heterocycles. The molecule has 8 nitrogen and oxygen atoms in total. The molecule has 0 heterocycles. The smallest absolute Gasteiger partial charge is 0.407 e. The first-order valence-electron chi connectivity index (χ1n) is 10.5. The number of carboxylic acids is 1. The van der Waals surface area contributed by atoms with Crippen molar-refractivity contribution in [3.05, 3.63) is 59.7 Å². The van der Waals surface area contributed by atoms with Crippen molar-refractivity contribution in [3.63, 3.8) is 0 Å². The first kappa shape index (κ1) is 23.3. The zero-order chi connectivity index (χ0) is 23.1. The van der Waals surface area contributed by atoms with Crippen LogP contribution in [0.3, 0.4) is 0 Å². The molecule has 3 rings (SSSR count). The van der Waals surface area contributed by atoms with E-state index < -0.39 is 30.1 Å². The first-order chi connectivity index (χ1) is 15.4. The van der Waals surface area contributed by atoms with Crippen molar-refractivity contribution < 1.29 is 29.0 Å². The van der Waals surface area contributed by atoms with Gasteiger partial charge in [-0.1, -0.05) is 48.5 Å². The molecule has 2 aromatic carbocycles. The van der Waals surface area contributed by atoms with Crippen LogP contribution < -0.4 is 10.6 Å². The van der Waals surface area contributed by atoms with Crippen LogP contribution >= 0.6 is 0 Å². The van der Waals surface area contributed by atoms with Crippen molar-refractivity contribution in [1.29, 1.82) is 0 Å². The number of alkyl carbamates (subject to hydrolysis) is 1. The largest absolute Gasteiger partial charge is 0.481 e. The molecule has 1 aliphatic carbocycles. The van der Waals surface area contributed by atoms with Crippen LogP contribution in [-0.4, -0.2) is 55.5 Å². The van der Waals surface area contributed by atoms with E-state index in [0.29, 0.717) is 0 Å². The minimum atomic E-state index is -1.02. The van der Waals surface area contributed by atoms with Gasteiger partial charge < -0.3 is 25.2 Å². The molecule has 1 aliphatic rings. The van der Waals surface area contributed by atoms with Crippen LogP contribution in [0.4, 0.5) is 4.79 Å². The van der Waals surface area contributed by atoms with Gasteiger partial charge in [-0.25, -0.2) is 4.79 Å². The third-order valence-electron chi connectivity index (χ3n) is 5.43. The number of aliphatic carboxylic acids is 1. The first-order valence-corrected chi connectivity index (χ1v) is 10.5. The highest BCUT2D eigenvalue weighted by Crippen LogP contribution is 2.44. The van der Waals surface area contributed by atoms with Gasteiger partial charge in [-0.2, -0.15) is 0 Å². The predicted octanol–water partition coefficient (Wildman–Crippen LogP) is 2.91. The topological polar surface area (TPSA) is 114 Å². The number of carboxylic acid groups (broad SMARTS) is 1. The van der Waals surface area contributed by atoms with Crippen LogP contribution in [0.1, 0.15) is 36.8 Å². The Labute approximate surface area is 186 Å². The average Bonchev–Trinajstić information content (AvgIpc) is 3.08. The standard InChI is InChI=1S/C24H28N2O6/c1-15(13-22(27)28)25-23(29)21(11-12-31-2)26-24(30)32-14-20-18-9-5-3-7-16(18)17-8-4-6-10-19(17)20/h3-10,15,20-21H,11-14H2,1-2H3,(H,25,29)(H,26,30)(H,27,28)/t15-,21?/m0/s1. The van der Waals surface area contributed by atoms with E-state index in [4.69, 9.17) is 14.6 Å². The van der Waals surface area contributed by atoms with Crippen LogP contribution in [-0.2, 0) is 19.1 Å². The number of ether oxygens (including phenoxy) is 2. The zero-order valence-corrected chi connectivity index (χ0v) is 18.2. The van der Waals surface area contributed by atoms with Crippen LogP contribution in [0, 0.1) is 0 Å². The Morgan fingerprint density at radius 3 is 2.16 bits per heavy atom. The van der Waals surface area contributed by atoms with Crippen LogP contribution in [0.25, 0.3) is 11.1 Å². The minimum Gasteiger partial charge on any atom is -0.481 e. The van der Waals surface area contributed by atoms with E-state index >= 15 is 0 Å². The van der Waals surface area contributed by atoms with Crippen LogP contribution in [0.2, 0.25) is 0 Å². The maximum absolute atomic E-state index is 12.5. The Balaban J connectivity index is 1.63. The van der Waals surface area contributed by atoms with Gasteiger partial charge >= 0.3 is 12.1 Å². The summed E-state index contributed by atoms with van der Waals surface area (Å²) in [6.45, 7) is 1.97. The van der Waals surface area contributed by atoms with Crippen LogP contribution in [0.15, 0.2) is 48.5 Å². The van der Waals surface area contributed by atoms with Gasteiger partial charge in [-0.15, -0.1) is 0 Å². The molecule has 0 saturated carbocycles. The molecule has 0 fully saturated rings. The number of fused-ring (bicyclic) bond motifs is 3. The molecule has 32 heavy (non-hydrogen) atoms. The number of benzene rings is 2. The Hall–Kier alpha value is -3.39. The van der Waals surface area contributed by atoms with Gasteiger partial charge in [0.25, 0.3) is 0 Å². The second-order valence-corrected chi connectivity index (χ2v) is 7.81. The summed E-state index contributed by atoms with van der Waals surface area (Å²) >= 11 is 0. The van der Waals surface area contributed by atoms with Crippen molar-refractivity contribution in [1.82, 2.24) is 10.6 Å². The molecule has 0 radical (unpaired) electrons. The number of rotatable bonds is 10. The van der Waals surface area contributed by atoms with Crippen LogP contribution in [0.5, 0.6) is 0 Å². The summed E-state index contributed by atoms with van der Waals surface area (Å²) in [5, 5.41) is 14.1. The summed E-state index contributed by atoms with van der Waals surface area (Å²) in [4.78, 5) is 35.9. The van der Waals surface area contributed by atoms with E-state index in [1.165, 1.54) is 7.11 Å². The molecule has 0 saturated heterocycles. The van der Waals surface area contributed by atoms with Gasteiger partial charge in [0.2, 0.25) is 5.91 Å². The molecule has 0 spiro atoms. The molecule has 0 aromatic heterocycles. The Bertz CT molecular complexity index is 931. The average molecular weight is 440 g/mol. The maximum atomic E-state index is 12.5. The zero-order valence-electron chi connectivity index (χ0n) is 18.2. The molecule has 3 N–H and O–H groups in total. The molecule has 8 heteroatoms. The molecule has 2 aromatic rings. The van der Waals surface area contributed by atoms with Gasteiger partial charge in [0.05, 0.1) is 6.42 Å². The fourth-order valence-electron chi connectivity index (χ4n) is 3.94. The van der Waals surface area contributed by atoms with Crippen molar-refractivity contribution in [2.75, 3.05) is 20.3 Å². The molecular formula is C24H28N2O6. The van der Waals surface area contributed by atoms with E-state index in [1.54, 1.807) is 6.92 Å². The second kappa shape index (κ2) is 10.8. The predicted molar refractivity (Wildman–Crippen MR) is 118 cm³/mol. The van der Waals surface area contributed by atoms with Crippen molar-refractivity contribution >= 4 is 18.0 Å². The fourth-order valence-corrected chi connectivity index (χ4v) is 3.94. The number of hydrogen-bond acceptors (Lipinski definition) is 5. The van der Waals surface area contributed by atoms with Gasteiger partial charge in [0.1, 0.15) is 12.6 Å². The molecular weight excluding hydrogens is 412 g/mol. The number of methoxy groups -OCH3 is 1. The van der Waals surface area contributed by atoms with Gasteiger partial charge in [-0.3, -0.25) is 9.59 Å². The summed E-state index contributed by atoms with van der Waals surface area (Å²) in [5.41, 5.74) is 4.44. The third kappa shape index (κ3) is 5.64. The lowest BCUT2D eigenvalue weighted by Gasteiger charge is -2.21. The Morgan fingerprint density at radius 1 is 1.00 bits per heavy atom. The van der Waals surface area contributed by atoms with Gasteiger partial charge in [0, 0.05) is 32.1 Å². The van der Waals surface area contributed by atoms with E-state index in [2.05, 4.69) is 22.8 Å². The quantitative estimate of drug-likeness (QED) is 0.524. The summed E-state index contributed by atoms with van der Waals surface area (Å²) in [6, 6.07) is 14.6. The number of nitrogens with one attached hydrogen (secondary N) is 2. The van der Waals surface area contributed by atoms with E-state index in [1.807, 2.05) is 36.4 Å². The van der Waals surface area contributed by atoms with Crippen molar-refractivity contribution in [2.45, 2.75) is 37.8 Å². The number of carbonyl (C=O) groups excluding carboxylic acids is 2. The van der Waals surface area contributed by atoms with Gasteiger partial charge in [0.15, 0.2) is 0 Å². The summed E-state index contributed by atoms with van der Waals surface area (Å²) in [5.74, 6) is -1.59. The highest BCUT2D eigenvalue weighted by atomic mass is 16.5. The molecule has 170 valence electrons. The monoisotopic (exact) mass is 440 g/mol. The highest BCUT2D eigenvalue weighted by molar-refractivity contribution is 5.86. The number of carbonyl (C=O) groups is 3. The summed E-state index contributed by atoms with van der Waals surface area (Å²) in [7, 11) is 1.50. The van der Waals surface area contributed by atoms with Gasteiger partial charge in [-0.05, 0) is 29.2 Å². The number of hydrogen-bond donors (Lipinski definition) is 3. The lowest BCUT2D eigenvalue weighted by atomic mass is 9.98. The Morgan fingerprint density at radius 2 is 1.59 bits per heavy atom. The lowest BCUT2D eigenvalue weighted by molar-refractivity contribution is -0.137. The van der Waals surface area contributed by atoms with Crippen molar-refractivity contribution in [3.8, 4) is 11.1 Å². The lowest BCUT2D eigenvalue weighted by Crippen LogP contribution is -2.50. The molecule has 2 atom stereocenters.